The summed E-state index contributed by atoms with van der Waals surface area (Å²) in [6, 6.07) is 0.0944. The first-order chi connectivity index (χ1) is 8.05. The monoisotopic (exact) mass is 241 g/mol. The van der Waals surface area contributed by atoms with Crippen molar-refractivity contribution in [1.29, 1.82) is 0 Å². The lowest BCUT2D eigenvalue weighted by atomic mass is 9.89. The summed E-state index contributed by atoms with van der Waals surface area (Å²) in [7, 11) is 0. The SMILES string of the molecule is CC(C)(CCN)CNC(=O)N1CCCCCC1. The molecule has 1 aliphatic heterocycles. The molecule has 1 saturated heterocycles. The Balaban J connectivity index is 2.32. The number of carbonyl (C=O) groups is 1. The van der Waals surface area contributed by atoms with Gasteiger partial charge in [0.25, 0.3) is 0 Å². The minimum atomic E-state index is 0.0935. The quantitative estimate of drug-likeness (QED) is 0.790. The Labute approximate surface area is 105 Å². The average Bonchev–Trinajstić information content (AvgIpc) is 2.54. The summed E-state index contributed by atoms with van der Waals surface area (Å²) in [6.45, 7) is 7.48. The number of carbonyl (C=O) groups excluding carboxylic acids is 1. The molecule has 0 atom stereocenters. The molecule has 0 aromatic rings. The van der Waals surface area contributed by atoms with E-state index in [9.17, 15) is 4.79 Å². The Morgan fingerprint density at radius 1 is 1.24 bits per heavy atom. The first-order valence-corrected chi connectivity index (χ1v) is 6.78. The minimum Gasteiger partial charge on any atom is -0.337 e. The van der Waals surface area contributed by atoms with E-state index >= 15 is 0 Å². The molecule has 1 aliphatic rings. The average molecular weight is 241 g/mol. The standard InChI is InChI=1S/C13H27N3O/c1-13(2,7-8-14)11-15-12(17)16-9-5-3-4-6-10-16/h3-11,14H2,1-2H3,(H,15,17). The fraction of sp³-hybridized carbons (Fsp3) is 0.923. The Hall–Kier alpha value is -0.770. The highest BCUT2D eigenvalue weighted by atomic mass is 16.2. The number of likely N-dealkylation sites (tertiary alicyclic amines) is 1. The summed E-state index contributed by atoms with van der Waals surface area (Å²) < 4.78 is 0. The summed E-state index contributed by atoms with van der Waals surface area (Å²) in [6.07, 6.45) is 5.72. The van der Waals surface area contributed by atoms with E-state index in [0.717, 1.165) is 32.4 Å². The molecule has 0 unspecified atom stereocenters. The zero-order chi connectivity index (χ0) is 12.7. The van der Waals surface area contributed by atoms with Gasteiger partial charge in [-0.15, -0.1) is 0 Å². The highest BCUT2D eigenvalue weighted by molar-refractivity contribution is 5.74. The summed E-state index contributed by atoms with van der Waals surface area (Å²) in [5.74, 6) is 0. The number of hydrogen-bond donors (Lipinski definition) is 2. The van der Waals surface area contributed by atoms with Crippen LogP contribution in [0, 0.1) is 5.41 Å². The Bertz CT molecular complexity index is 233. The molecule has 4 heteroatoms. The topological polar surface area (TPSA) is 58.4 Å². The van der Waals surface area contributed by atoms with Crippen LogP contribution in [-0.2, 0) is 0 Å². The second-order valence-electron chi connectivity index (χ2n) is 5.76. The summed E-state index contributed by atoms with van der Waals surface area (Å²) in [4.78, 5) is 13.9. The Morgan fingerprint density at radius 3 is 2.35 bits per heavy atom. The van der Waals surface area contributed by atoms with Gasteiger partial charge in [0.2, 0.25) is 0 Å². The number of rotatable bonds is 4. The van der Waals surface area contributed by atoms with Crippen molar-refractivity contribution in [2.45, 2.75) is 46.0 Å². The van der Waals surface area contributed by atoms with Crippen molar-refractivity contribution in [3.63, 3.8) is 0 Å². The van der Waals surface area contributed by atoms with E-state index in [1.54, 1.807) is 0 Å². The first-order valence-electron chi connectivity index (χ1n) is 6.78. The Kier molecular flexibility index (Phi) is 5.75. The first kappa shape index (κ1) is 14.3. The second-order valence-corrected chi connectivity index (χ2v) is 5.76. The fourth-order valence-corrected chi connectivity index (χ4v) is 2.18. The molecule has 0 radical (unpaired) electrons. The molecule has 1 rings (SSSR count). The molecule has 17 heavy (non-hydrogen) atoms. The highest BCUT2D eigenvalue weighted by Gasteiger charge is 2.20. The predicted octanol–water partition coefficient (Wildman–Crippen LogP) is 1.95. The van der Waals surface area contributed by atoms with Gasteiger partial charge < -0.3 is 16.0 Å². The van der Waals surface area contributed by atoms with Crippen molar-refractivity contribution in [3.05, 3.63) is 0 Å². The number of hydrogen-bond acceptors (Lipinski definition) is 2. The van der Waals surface area contributed by atoms with Crippen molar-refractivity contribution in [2.24, 2.45) is 11.1 Å². The van der Waals surface area contributed by atoms with E-state index in [4.69, 9.17) is 5.73 Å². The lowest BCUT2D eigenvalue weighted by Crippen LogP contribution is -2.44. The third-order valence-corrected chi connectivity index (χ3v) is 3.43. The second kappa shape index (κ2) is 6.84. The van der Waals surface area contributed by atoms with Gasteiger partial charge in [0.1, 0.15) is 0 Å². The molecule has 0 aromatic heterocycles. The summed E-state index contributed by atoms with van der Waals surface area (Å²) in [5.41, 5.74) is 5.65. The summed E-state index contributed by atoms with van der Waals surface area (Å²) in [5, 5.41) is 3.04. The maximum atomic E-state index is 12.0. The van der Waals surface area contributed by atoms with E-state index in [-0.39, 0.29) is 11.4 Å². The molecule has 3 N–H and O–H groups in total. The molecule has 0 spiro atoms. The van der Waals surface area contributed by atoms with Crippen molar-refractivity contribution in [1.82, 2.24) is 10.2 Å². The van der Waals surface area contributed by atoms with E-state index in [0.29, 0.717) is 13.1 Å². The maximum Gasteiger partial charge on any atom is 0.317 e. The van der Waals surface area contributed by atoms with Gasteiger partial charge in [0.05, 0.1) is 0 Å². The van der Waals surface area contributed by atoms with Gasteiger partial charge in [0, 0.05) is 19.6 Å². The van der Waals surface area contributed by atoms with Crippen LogP contribution in [0.1, 0.15) is 46.0 Å². The van der Waals surface area contributed by atoms with Gasteiger partial charge in [-0.2, -0.15) is 0 Å². The largest absolute Gasteiger partial charge is 0.337 e. The van der Waals surface area contributed by atoms with Crippen LogP contribution in [0.2, 0.25) is 0 Å². The molecule has 100 valence electrons. The van der Waals surface area contributed by atoms with Crippen LogP contribution in [0.15, 0.2) is 0 Å². The van der Waals surface area contributed by atoms with Crippen LogP contribution < -0.4 is 11.1 Å². The molecule has 2 amide bonds. The van der Waals surface area contributed by atoms with E-state index in [1.807, 2.05) is 4.90 Å². The molecule has 4 nitrogen and oxygen atoms in total. The van der Waals surface area contributed by atoms with Crippen LogP contribution in [0.3, 0.4) is 0 Å². The zero-order valence-corrected chi connectivity index (χ0v) is 11.3. The summed E-state index contributed by atoms with van der Waals surface area (Å²) >= 11 is 0. The van der Waals surface area contributed by atoms with Crippen LogP contribution in [-0.4, -0.2) is 37.1 Å². The maximum absolute atomic E-state index is 12.0. The number of amides is 2. The molecule has 0 saturated carbocycles. The van der Waals surface area contributed by atoms with Crippen LogP contribution in [0.25, 0.3) is 0 Å². The molecule has 0 bridgehead atoms. The third kappa shape index (κ3) is 5.39. The molecule has 1 fully saturated rings. The molecular formula is C13H27N3O. The smallest absolute Gasteiger partial charge is 0.317 e. The van der Waals surface area contributed by atoms with Gasteiger partial charge in [-0.3, -0.25) is 0 Å². The van der Waals surface area contributed by atoms with Crippen molar-refractivity contribution >= 4 is 6.03 Å². The van der Waals surface area contributed by atoms with Gasteiger partial charge in [-0.25, -0.2) is 4.79 Å². The van der Waals surface area contributed by atoms with Crippen molar-refractivity contribution < 1.29 is 4.79 Å². The highest BCUT2D eigenvalue weighted by Crippen LogP contribution is 2.18. The third-order valence-electron chi connectivity index (χ3n) is 3.43. The van der Waals surface area contributed by atoms with Crippen molar-refractivity contribution in [2.75, 3.05) is 26.2 Å². The van der Waals surface area contributed by atoms with E-state index in [1.165, 1.54) is 12.8 Å². The number of nitrogens with one attached hydrogen (secondary N) is 1. The number of urea groups is 1. The molecular weight excluding hydrogens is 214 g/mol. The lowest BCUT2D eigenvalue weighted by molar-refractivity contribution is 0.192. The van der Waals surface area contributed by atoms with Gasteiger partial charge in [0.15, 0.2) is 0 Å². The lowest BCUT2D eigenvalue weighted by Gasteiger charge is -2.27. The Morgan fingerprint density at radius 2 is 1.82 bits per heavy atom. The van der Waals surface area contributed by atoms with E-state index < -0.39 is 0 Å². The minimum absolute atomic E-state index is 0.0935. The van der Waals surface area contributed by atoms with Gasteiger partial charge in [-0.05, 0) is 31.2 Å². The van der Waals surface area contributed by atoms with Crippen molar-refractivity contribution in [3.8, 4) is 0 Å². The number of nitrogens with zero attached hydrogens (tertiary/aromatic N) is 1. The van der Waals surface area contributed by atoms with Crippen LogP contribution in [0.5, 0.6) is 0 Å². The predicted molar refractivity (Wildman–Crippen MR) is 70.9 cm³/mol. The number of nitrogens with two attached hydrogens (primary N) is 1. The fourth-order valence-electron chi connectivity index (χ4n) is 2.18. The molecule has 0 aliphatic carbocycles. The zero-order valence-electron chi connectivity index (χ0n) is 11.3. The van der Waals surface area contributed by atoms with Gasteiger partial charge >= 0.3 is 6.03 Å². The molecule has 1 heterocycles. The van der Waals surface area contributed by atoms with Crippen LogP contribution >= 0.6 is 0 Å². The molecule has 0 aromatic carbocycles. The van der Waals surface area contributed by atoms with Crippen LogP contribution in [0.4, 0.5) is 4.79 Å². The van der Waals surface area contributed by atoms with Gasteiger partial charge in [-0.1, -0.05) is 26.7 Å². The normalized spacial score (nSPS) is 17.7. The van der Waals surface area contributed by atoms with E-state index in [2.05, 4.69) is 19.2 Å².